The number of rotatable bonds is 3. The minimum Gasteiger partial charge on any atom is -0.496 e. The number of piperidine rings is 1. The molecule has 32 heavy (non-hydrogen) atoms. The van der Waals surface area contributed by atoms with Crippen LogP contribution in [0.1, 0.15) is 45.5 Å². The summed E-state index contributed by atoms with van der Waals surface area (Å²) < 4.78 is 33.9. The molecule has 4 rings (SSSR count). The molecule has 0 bridgehead atoms. The average Bonchev–Trinajstić information content (AvgIpc) is 3.20. The first kappa shape index (κ1) is 22.5. The zero-order valence-corrected chi connectivity index (χ0v) is 18.8. The van der Waals surface area contributed by atoms with E-state index < -0.39 is 23.1 Å². The van der Waals surface area contributed by atoms with Crippen molar-refractivity contribution >= 4 is 23.4 Å². The maximum Gasteiger partial charge on any atom is 0.259 e. The van der Waals surface area contributed by atoms with Crippen LogP contribution in [0.2, 0.25) is 5.02 Å². The van der Waals surface area contributed by atoms with Gasteiger partial charge in [-0.3, -0.25) is 9.59 Å². The van der Waals surface area contributed by atoms with E-state index in [1.807, 2.05) is 0 Å². The predicted molar refractivity (Wildman–Crippen MR) is 117 cm³/mol. The fraction of sp³-hybridized carbons (Fsp3) is 0.417. The van der Waals surface area contributed by atoms with E-state index in [1.54, 1.807) is 23.1 Å². The first-order chi connectivity index (χ1) is 15.2. The Morgan fingerprint density at radius 1 is 1.00 bits per heavy atom. The Balaban J connectivity index is 1.44. The predicted octanol–water partition coefficient (Wildman–Crippen LogP) is 4.70. The Morgan fingerprint density at radius 2 is 1.66 bits per heavy atom. The van der Waals surface area contributed by atoms with Crippen LogP contribution >= 0.6 is 11.6 Å². The molecule has 2 fully saturated rings. The summed E-state index contributed by atoms with van der Waals surface area (Å²) >= 11 is 6.08. The van der Waals surface area contributed by atoms with Crippen LogP contribution in [0.25, 0.3) is 0 Å². The van der Waals surface area contributed by atoms with E-state index in [-0.39, 0.29) is 16.9 Å². The lowest BCUT2D eigenvalue weighted by atomic mass is 9.77. The zero-order chi connectivity index (χ0) is 23.0. The van der Waals surface area contributed by atoms with Crippen LogP contribution in [0.5, 0.6) is 5.75 Å². The topological polar surface area (TPSA) is 49.9 Å². The Labute approximate surface area is 190 Å². The number of methoxy groups -OCH3 is 1. The van der Waals surface area contributed by atoms with Gasteiger partial charge in [0.25, 0.3) is 11.8 Å². The van der Waals surface area contributed by atoms with Crippen LogP contribution in [0.3, 0.4) is 0 Å². The molecule has 2 aromatic rings. The van der Waals surface area contributed by atoms with Crippen molar-refractivity contribution in [2.24, 2.45) is 5.41 Å². The second kappa shape index (κ2) is 8.70. The highest BCUT2D eigenvalue weighted by Gasteiger charge is 2.43. The fourth-order valence-electron chi connectivity index (χ4n) is 4.73. The molecule has 2 saturated heterocycles. The lowest BCUT2D eigenvalue weighted by Gasteiger charge is -2.39. The number of hydrogen-bond acceptors (Lipinski definition) is 3. The number of likely N-dealkylation sites (tertiary alicyclic amines) is 2. The second-order valence-corrected chi connectivity index (χ2v) is 9.10. The molecule has 170 valence electrons. The molecule has 0 atom stereocenters. The van der Waals surface area contributed by atoms with E-state index in [0.717, 1.165) is 12.5 Å². The molecule has 8 heteroatoms. The molecular weight excluding hydrogens is 438 g/mol. The molecule has 1 spiro atoms. The Bertz CT molecular complexity index is 1070. The fourth-order valence-corrected chi connectivity index (χ4v) is 4.90. The highest BCUT2D eigenvalue weighted by molar-refractivity contribution is 6.31. The molecule has 2 amide bonds. The van der Waals surface area contributed by atoms with Crippen LogP contribution in [0.4, 0.5) is 8.78 Å². The van der Waals surface area contributed by atoms with Crippen molar-refractivity contribution in [2.45, 2.75) is 26.2 Å². The summed E-state index contributed by atoms with van der Waals surface area (Å²) in [6, 6.07) is 7.41. The van der Waals surface area contributed by atoms with Crippen LogP contribution in [-0.4, -0.2) is 54.9 Å². The minimum absolute atomic E-state index is 0.109. The van der Waals surface area contributed by atoms with E-state index in [9.17, 15) is 18.4 Å². The van der Waals surface area contributed by atoms with E-state index in [4.69, 9.17) is 16.3 Å². The minimum atomic E-state index is -0.841. The quantitative estimate of drug-likeness (QED) is 0.664. The standard InChI is InChI=1S/C24H25ClF2N2O3/c1-15-3-5-18(26)20(21(15)27)23(31)28-10-7-24(8-11-28)9-12-29(14-24)22(30)17-13-16(25)4-6-19(17)32-2/h3-6,13H,7-12,14H2,1-2H3. The van der Waals surface area contributed by atoms with Crippen LogP contribution in [-0.2, 0) is 0 Å². The summed E-state index contributed by atoms with van der Waals surface area (Å²) in [5.74, 6) is -1.92. The van der Waals surface area contributed by atoms with Gasteiger partial charge in [-0.05, 0) is 61.4 Å². The van der Waals surface area contributed by atoms with Gasteiger partial charge >= 0.3 is 0 Å². The normalized spacial score (nSPS) is 17.7. The Kier molecular flexibility index (Phi) is 6.12. The van der Waals surface area contributed by atoms with Crippen LogP contribution in [0, 0.1) is 24.0 Å². The Morgan fingerprint density at radius 3 is 2.31 bits per heavy atom. The summed E-state index contributed by atoms with van der Waals surface area (Å²) in [7, 11) is 1.51. The first-order valence-electron chi connectivity index (χ1n) is 10.6. The molecule has 0 aromatic heterocycles. The van der Waals surface area contributed by atoms with E-state index in [1.165, 1.54) is 25.0 Å². The van der Waals surface area contributed by atoms with Gasteiger partial charge in [-0.1, -0.05) is 17.7 Å². The molecular formula is C24H25ClF2N2O3. The van der Waals surface area contributed by atoms with Gasteiger partial charge in [0.15, 0.2) is 0 Å². The number of carbonyl (C=O) groups excluding carboxylic acids is 2. The van der Waals surface area contributed by atoms with Gasteiger partial charge < -0.3 is 14.5 Å². The van der Waals surface area contributed by atoms with E-state index in [2.05, 4.69) is 0 Å². The smallest absolute Gasteiger partial charge is 0.259 e. The summed E-state index contributed by atoms with van der Waals surface area (Å²) in [6.45, 7) is 3.47. The van der Waals surface area contributed by atoms with Gasteiger partial charge in [0.1, 0.15) is 22.9 Å². The van der Waals surface area contributed by atoms with E-state index in [0.29, 0.717) is 55.4 Å². The molecule has 2 aromatic carbocycles. The van der Waals surface area contributed by atoms with Crippen molar-refractivity contribution < 1.29 is 23.1 Å². The molecule has 0 radical (unpaired) electrons. The number of aryl methyl sites for hydroxylation is 1. The highest BCUT2D eigenvalue weighted by Crippen LogP contribution is 2.41. The molecule has 0 N–H and O–H groups in total. The van der Waals surface area contributed by atoms with E-state index >= 15 is 0 Å². The van der Waals surface area contributed by atoms with Crippen molar-refractivity contribution in [3.05, 3.63) is 63.7 Å². The van der Waals surface area contributed by atoms with Gasteiger partial charge in [-0.2, -0.15) is 0 Å². The van der Waals surface area contributed by atoms with Gasteiger partial charge in [0.2, 0.25) is 0 Å². The van der Waals surface area contributed by atoms with Crippen molar-refractivity contribution in [2.75, 3.05) is 33.3 Å². The summed E-state index contributed by atoms with van der Waals surface area (Å²) in [5.41, 5.74) is 0.0685. The van der Waals surface area contributed by atoms with Gasteiger partial charge in [0.05, 0.1) is 12.7 Å². The largest absolute Gasteiger partial charge is 0.496 e. The number of carbonyl (C=O) groups is 2. The third-order valence-corrected chi connectivity index (χ3v) is 6.96. The Hall–Kier alpha value is -2.67. The molecule has 0 saturated carbocycles. The van der Waals surface area contributed by atoms with Gasteiger partial charge in [-0.25, -0.2) is 8.78 Å². The summed E-state index contributed by atoms with van der Waals surface area (Å²) in [4.78, 5) is 29.2. The molecule has 2 aliphatic heterocycles. The monoisotopic (exact) mass is 462 g/mol. The molecule has 2 heterocycles. The summed E-state index contributed by atoms with van der Waals surface area (Å²) in [6.07, 6.45) is 2.16. The third kappa shape index (κ3) is 4.06. The number of halogens is 3. The van der Waals surface area contributed by atoms with Gasteiger partial charge in [0, 0.05) is 31.2 Å². The molecule has 0 aliphatic carbocycles. The van der Waals surface area contributed by atoms with Crippen molar-refractivity contribution in [1.82, 2.24) is 9.80 Å². The van der Waals surface area contributed by atoms with Crippen molar-refractivity contribution in [3.8, 4) is 5.75 Å². The first-order valence-corrected chi connectivity index (χ1v) is 11.0. The second-order valence-electron chi connectivity index (χ2n) is 8.67. The number of benzene rings is 2. The van der Waals surface area contributed by atoms with Gasteiger partial charge in [-0.15, -0.1) is 0 Å². The van der Waals surface area contributed by atoms with Crippen molar-refractivity contribution in [3.63, 3.8) is 0 Å². The average molecular weight is 463 g/mol. The van der Waals surface area contributed by atoms with Crippen molar-refractivity contribution in [1.29, 1.82) is 0 Å². The lowest BCUT2D eigenvalue weighted by Crippen LogP contribution is -2.45. The molecule has 5 nitrogen and oxygen atoms in total. The molecule has 0 unspecified atom stereocenters. The number of amides is 2. The maximum absolute atomic E-state index is 14.4. The zero-order valence-electron chi connectivity index (χ0n) is 18.1. The number of ether oxygens (including phenoxy) is 1. The third-order valence-electron chi connectivity index (χ3n) is 6.73. The number of hydrogen-bond donors (Lipinski definition) is 0. The van der Waals surface area contributed by atoms with Crippen LogP contribution < -0.4 is 4.74 Å². The lowest BCUT2D eigenvalue weighted by molar-refractivity contribution is 0.0557. The van der Waals surface area contributed by atoms with Crippen LogP contribution in [0.15, 0.2) is 30.3 Å². The maximum atomic E-state index is 14.4. The number of nitrogens with zero attached hydrogens (tertiary/aromatic N) is 2. The summed E-state index contributed by atoms with van der Waals surface area (Å²) in [5, 5.41) is 0.463. The SMILES string of the molecule is COc1ccc(Cl)cc1C(=O)N1CCC2(CCN(C(=O)c3c(F)ccc(C)c3F)CC2)C1. The molecule has 2 aliphatic rings. The highest BCUT2D eigenvalue weighted by atomic mass is 35.5.